The van der Waals surface area contributed by atoms with E-state index in [0.717, 1.165) is 37.7 Å². The molecule has 24 heavy (non-hydrogen) atoms. The molecule has 6 heteroatoms. The lowest BCUT2D eigenvalue weighted by Gasteiger charge is -2.36. The van der Waals surface area contributed by atoms with E-state index < -0.39 is 0 Å². The Hall–Kier alpha value is -2.37. The van der Waals surface area contributed by atoms with Gasteiger partial charge in [0.2, 0.25) is 5.95 Å². The maximum atomic E-state index is 13.0. The molecule has 1 aromatic heterocycles. The summed E-state index contributed by atoms with van der Waals surface area (Å²) in [4.78, 5) is 13.5. The van der Waals surface area contributed by atoms with E-state index in [2.05, 4.69) is 45.9 Å². The minimum atomic E-state index is -0.197. The highest BCUT2D eigenvalue weighted by Crippen LogP contribution is 2.20. The standard InChI is InChI=1S/C18H24FN5/c1-18(2,3)22-17-20-9-8-16(21-17)24-12-10-23(11-13-24)15-6-4-14(19)5-7-15/h4-9H,10-13H2,1-3H3,(H,20,21,22). The molecule has 3 rings (SSSR count). The van der Waals surface area contributed by atoms with Crippen LogP contribution in [0.3, 0.4) is 0 Å². The number of benzene rings is 1. The molecule has 0 aliphatic carbocycles. The third-order valence-corrected chi connectivity index (χ3v) is 3.92. The largest absolute Gasteiger partial charge is 0.368 e. The van der Waals surface area contributed by atoms with E-state index in [1.807, 2.05) is 18.2 Å². The molecule has 2 heterocycles. The summed E-state index contributed by atoms with van der Waals surface area (Å²) in [5.41, 5.74) is 0.994. The Morgan fingerprint density at radius 1 is 0.958 bits per heavy atom. The molecule has 1 aliphatic heterocycles. The van der Waals surface area contributed by atoms with Crippen LogP contribution in [0.25, 0.3) is 0 Å². The Bertz CT molecular complexity index is 673. The van der Waals surface area contributed by atoms with Crippen molar-refractivity contribution in [2.45, 2.75) is 26.3 Å². The fourth-order valence-corrected chi connectivity index (χ4v) is 2.77. The maximum absolute atomic E-state index is 13.0. The first-order valence-electron chi connectivity index (χ1n) is 8.27. The van der Waals surface area contributed by atoms with Crippen LogP contribution in [0.15, 0.2) is 36.5 Å². The van der Waals surface area contributed by atoms with Crippen LogP contribution < -0.4 is 15.1 Å². The van der Waals surface area contributed by atoms with Gasteiger partial charge in [0.25, 0.3) is 0 Å². The minimum Gasteiger partial charge on any atom is -0.368 e. The Morgan fingerprint density at radius 3 is 2.21 bits per heavy atom. The molecule has 1 aliphatic rings. The molecule has 128 valence electrons. The van der Waals surface area contributed by atoms with Crippen LogP contribution in [0.4, 0.5) is 21.8 Å². The Kier molecular flexibility index (Phi) is 4.55. The van der Waals surface area contributed by atoms with E-state index in [0.29, 0.717) is 5.95 Å². The summed E-state index contributed by atoms with van der Waals surface area (Å²) in [7, 11) is 0. The molecule has 0 spiro atoms. The summed E-state index contributed by atoms with van der Waals surface area (Å²) in [6, 6.07) is 8.64. The minimum absolute atomic E-state index is 0.0695. The number of hydrogen-bond donors (Lipinski definition) is 1. The first-order valence-corrected chi connectivity index (χ1v) is 8.27. The quantitative estimate of drug-likeness (QED) is 0.937. The van der Waals surface area contributed by atoms with E-state index >= 15 is 0 Å². The molecule has 1 N–H and O–H groups in total. The summed E-state index contributed by atoms with van der Waals surface area (Å²) in [5, 5.41) is 3.31. The second-order valence-electron chi connectivity index (χ2n) is 7.06. The number of nitrogens with zero attached hydrogens (tertiary/aromatic N) is 4. The smallest absolute Gasteiger partial charge is 0.225 e. The van der Waals surface area contributed by atoms with Gasteiger partial charge in [0, 0.05) is 43.6 Å². The first kappa shape index (κ1) is 16.5. The zero-order chi connectivity index (χ0) is 17.2. The molecule has 5 nitrogen and oxygen atoms in total. The lowest BCUT2D eigenvalue weighted by molar-refractivity contribution is 0.620. The van der Waals surface area contributed by atoms with Gasteiger partial charge in [-0.2, -0.15) is 4.98 Å². The van der Waals surface area contributed by atoms with Gasteiger partial charge in [-0.1, -0.05) is 0 Å². The molecular weight excluding hydrogens is 305 g/mol. The van der Waals surface area contributed by atoms with Crippen LogP contribution in [0.2, 0.25) is 0 Å². The van der Waals surface area contributed by atoms with E-state index in [1.165, 1.54) is 12.1 Å². The van der Waals surface area contributed by atoms with Gasteiger partial charge in [-0.25, -0.2) is 9.37 Å². The Morgan fingerprint density at radius 2 is 1.58 bits per heavy atom. The molecule has 0 unspecified atom stereocenters. The monoisotopic (exact) mass is 329 g/mol. The second-order valence-corrected chi connectivity index (χ2v) is 7.06. The van der Waals surface area contributed by atoms with E-state index in [9.17, 15) is 4.39 Å². The second kappa shape index (κ2) is 6.63. The van der Waals surface area contributed by atoms with Gasteiger partial charge in [0.05, 0.1) is 0 Å². The average Bonchev–Trinajstić information content (AvgIpc) is 2.54. The van der Waals surface area contributed by atoms with Crippen molar-refractivity contribution in [3.8, 4) is 0 Å². The van der Waals surface area contributed by atoms with Gasteiger partial charge in [-0.05, 0) is 51.1 Å². The van der Waals surface area contributed by atoms with Crippen molar-refractivity contribution in [3.63, 3.8) is 0 Å². The van der Waals surface area contributed by atoms with E-state index in [-0.39, 0.29) is 11.4 Å². The van der Waals surface area contributed by atoms with Crippen LogP contribution in [0.5, 0.6) is 0 Å². The van der Waals surface area contributed by atoms with E-state index in [1.54, 1.807) is 6.20 Å². The molecule has 0 saturated carbocycles. The highest BCUT2D eigenvalue weighted by Gasteiger charge is 2.19. The average molecular weight is 329 g/mol. The zero-order valence-corrected chi connectivity index (χ0v) is 14.5. The summed E-state index contributed by atoms with van der Waals surface area (Å²) in [6.45, 7) is 9.79. The molecule has 0 atom stereocenters. The molecule has 0 amide bonds. The third kappa shape index (κ3) is 4.13. The number of halogens is 1. The van der Waals surface area contributed by atoms with Gasteiger partial charge in [0.15, 0.2) is 0 Å². The van der Waals surface area contributed by atoms with Gasteiger partial charge >= 0.3 is 0 Å². The molecule has 0 radical (unpaired) electrons. The van der Waals surface area contributed by atoms with Crippen molar-refractivity contribution in [1.82, 2.24) is 9.97 Å². The first-order chi connectivity index (χ1) is 11.4. The topological polar surface area (TPSA) is 44.3 Å². The molecule has 1 fully saturated rings. The van der Waals surface area contributed by atoms with Crippen molar-refractivity contribution >= 4 is 17.5 Å². The Balaban J connectivity index is 1.64. The van der Waals surface area contributed by atoms with Crippen molar-refractivity contribution in [1.29, 1.82) is 0 Å². The fourth-order valence-electron chi connectivity index (χ4n) is 2.77. The van der Waals surface area contributed by atoms with E-state index in [4.69, 9.17) is 0 Å². The lowest BCUT2D eigenvalue weighted by Crippen LogP contribution is -2.47. The van der Waals surface area contributed by atoms with Crippen LogP contribution in [0, 0.1) is 5.82 Å². The van der Waals surface area contributed by atoms with Gasteiger partial charge in [0.1, 0.15) is 11.6 Å². The predicted molar refractivity (Wildman–Crippen MR) is 96.2 cm³/mol. The molecule has 0 bridgehead atoms. The normalized spacial score (nSPS) is 15.5. The number of aromatic nitrogens is 2. The number of anilines is 3. The van der Waals surface area contributed by atoms with Crippen LogP contribution in [0.1, 0.15) is 20.8 Å². The predicted octanol–water partition coefficient (Wildman–Crippen LogP) is 3.15. The summed E-state index contributed by atoms with van der Waals surface area (Å²) in [6.07, 6.45) is 1.79. The highest BCUT2D eigenvalue weighted by atomic mass is 19.1. The number of nitrogens with one attached hydrogen (secondary N) is 1. The van der Waals surface area contributed by atoms with Gasteiger partial charge in [-0.3, -0.25) is 0 Å². The maximum Gasteiger partial charge on any atom is 0.225 e. The van der Waals surface area contributed by atoms with Crippen molar-refractivity contribution in [2.24, 2.45) is 0 Å². The fraction of sp³-hybridized carbons (Fsp3) is 0.444. The molecule has 1 aromatic carbocycles. The van der Waals surface area contributed by atoms with Crippen molar-refractivity contribution < 1.29 is 4.39 Å². The molecular formula is C18H24FN5. The summed E-state index contributed by atoms with van der Waals surface area (Å²) < 4.78 is 13.0. The van der Waals surface area contributed by atoms with Crippen molar-refractivity contribution in [3.05, 3.63) is 42.3 Å². The summed E-state index contributed by atoms with van der Waals surface area (Å²) >= 11 is 0. The molecule has 1 saturated heterocycles. The zero-order valence-electron chi connectivity index (χ0n) is 14.5. The van der Waals surface area contributed by atoms with Gasteiger partial charge < -0.3 is 15.1 Å². The Labute approximate surface area is 142 Å². The van der Waals surface area contributed by atoms with Crippen LogP contribution in [-0.2, 0) is 0 Å². The summed E-state index contributed by atoms with van der Waals surface area (Å²) in [5.74, 6) is 1.40. The number of rotatable bonds is 3. The van der Waals surface area contributed by atoms with Crippen molar-refractivity contribution in [2.75, 3.05) is 41.3 Å². The van der Waals surface area contributed by atoms with Gasteiger partial charge in [-0.15, -0.1) is 0 Å². The van der Waals surface area contributed by atoms with Crippen LogP contribution in [-0.4, -0.2) is 41.7 Å². The number of piperazine rings is 1. The highest BCUT2D eigenvalue weighted by molar-refractivity contribution is 5.50. The number of hydrogen-bond acceptors (Lipinski definition) is 5. The van der Waals surface area contributed by atoms with Crippen LogP contribution >= 0.6 is 0 Å². The SMILES string of the molecule is CC(C)(C)Nc1nccc(N2CCN(c3ccc(F)cc3)CC2)n1. The lowest BCUT2D eigenvalue weighted by atomic mass is 10.1. The molecule has 2 aromatic rings. The third-order valence-electron chi connectivity index (χ3n) is 3.92.